The van der Waals surface area contributed by atoms with Crippen LogP contribution in [0.15, 0.2) is 41.4 Å². The van der Waals surface area contributed by atoms with Crippen LogP contribution in [0.5, 0.6) is 0 Å². The van der Waals surface area contributed by atoms with E-state index in [4.69, 9.17) is 4.74 Å². The predicted molar refractivity (Wildman–Crippen MR) is 107 cm³/mol. The lowest BCUT2D eigenvalue weighted by Gasteiger charge is -2.06. The Morgan fingerprint density at radius 1 is 1.12 bits per heavy atom. The van der Waals surface area contributed by atoms with Crippen LogP contribution >= 0.6 is 11.3 Å². The highest BCUT2D eigenvalue weighted by Crippen LogP contribution is 2.23. The van der Waals surface area contributed by atoms with E-state index in [9.17, 15) is 4.79 Å². The van der Waals surface area contributed by atoms with Crippen molar-refractivity contribution in [2.24, 2.45) is 4.99 Å². The number of hydrogen-bond donors (Lipinski definition) is 0. The molecule has 0 saturated carbocycles. The summed E-state index contributed by atoms with van der Waals surface area (Å²) in [5, 5.41) is 0. The number of hydrogen-bond acceptors (Lipinski definition) is 3. The molecule has 0 aliphatic rings. The van der Waals surface area contributed by atoms with Gasteiger partial charge in [-0.05, 0) is 43.5 Å². The summed E-state index contributed by atoms with van der Waals surface area (Å²) in [4.78, 5) is 17.7. The van der Waals surface area contributed by atoms with Gasteiger partial charge in [0.1, 0.15) is 0 Å². The normalized spacial score (nSPS) is 12.1. The standard InChI is InChI=1S/C21H24N2O2S/c1-14-5-7-17(8-6-14)13-19(24)22-21-23(9-10-25-4)18-12-15(2)11-16(3)20(18)26-21/h5-8,11-12H,9-10,13H2,1-4H3. The molecule has 0 atom stereocenters. The number of ether oxygens (including phenoxy) is 1. The fourth-order valence-corrected chi connectivity index (χ4v) is 4.15. The SMILES string of the molecule is COCCn1c(=NC(=O)Cc2ccc(C)cc2)sc2c(C)cc(C)cc21. The Kier molecular flexibility index (Phi) is 5.69. The van der Waals surface area contributed by atoms with Gasteiger partial charge in [0, 0.05) is 13.7 Å². The number of methoxy groups -OCH3 is 1. The fourth-order valence-electron chi connectivity index (χ4n) is 3.02. The smallest absolute Gasteiger partial charge is 0.252 e. The molecule has 0 unspecified atom stereocenters. The van der Waals surface area contributed by atoms with E-state index < -0.39 is 0 Å². The molecule has 0 radical (unpaired) electrons. The van der Waals surface area contributed by atoms with E-state index in [1.807, 2.05) is 31.2 Å². The summed E-state index contributed by atoms with van der Waals surface area (Å²) in [6.07, 6.45) is 0.316. The zero-order valence-corrected chi connectivity index (χ0v) is 16.5. The van der Waals surface area contributed by atoms with Crippen molar-refractivity contribution in [3.05, 3.63) is 63.5 Å². The molecular formula is C21H24N2O2S. The molecule has 5 heteroatoms. The Balaban J connectivity index is 2.01. The molecule has 0 spiro atoms. The summed E-state index contributed by atoms with van der Waals surface area (Å²) in [5.41, 5.74) is 5.71. The molecule has 0 bridgehead atoms. The van der Waals surface area contributed by atoms with E-state index in [1.165, 1.54) is 21.4 Å². The van der Waals surface area contributed by atoms with E-state index in [2.05, 4.69) is 35.5 Å². The maximum absolute atomic E-state index is 12.5. The van der Waals surface area contributed by atoms with Crippen LogP contribution in [0.25, 0.3) is 10.2 Å². The minimum Gasteiger partial charge on any atom is -0.383 e. The first kappa shape index (κ1) is 18.5. The summed E-state index contributed by atoms with van der Waals surface area (Å²) in [6.45, 7) is 7.49. The molecular weight excluding hydrogens is 344 g/mol. The fraction of sp³-hybridized carbons (Fsp3) is 0.333. The molecule has 3 rings (SSSR count). The first-order chi connectivity index (χ1) is 12.5. The molecule has 0 aliphatic heterocycles. The highest BCUT2D eigenvalue weighted by Gasteiger charge is 2.11. The second kappa shape index (κ2) is 7.98. The van der Waals surface area contributed by atoms with Crippen molar-refractivity contribution < 1.29 is 9.53 Å². The van der Waals surface area contributed by atoms with E-state index in [0.29, 0.717) is 19.6 Å². The van der Waals surface area contributed by atoms with Crippen LogP contribution in [0.1, 0.15) is 22.3 Å². The lowest BCUT2D eigenvalue weighted by atomic mass is 10.1. The van der Waals surface area contributed by atoms with Crippen LogP contribution in [0, 0.1) is 20.8 Å². The molecule has 0 aliphatic carbocycles. The van der Waals surface area contributed by atoms with Crippen LogP contribution in [-0.4, -0.2) is 24.2 Å². The number of nitrogens with zero attached hydrogens (tertiary/aromatic N) is 2. The first-order valence-corrected chi connectivity index (χ1v) is 9.52. The number of fused-ring (bicyclic) bond motifs is 1. The zero-order chi connectivity index (χ0) is 18.7. The molecule has 2 aromatic carbocycles. The Morgan fingerprint density at radius 2 is 1.85 bits per heavy atom. The molecule has 26 heavy (non-hydrogen) atoms. The van der Waals surface area contributed by atoms with E-state index in [1.54, 1.807) is 18.4 Å². The van der Waals surface area contributed by atoms with Crippen LogP contribution < -0.4 is 4.80 Å². The number of thiazole rings is 1. The number of aromatic nitrogens is 1. The summed E-state index contributed by atoms with van der Waals surface area (Å²) >= 11 is 1.57. The van der Waals surface area contributed by atoms with Crippen LogP contribution in [-0.2, 0) is 22.5 Å². The van der Waals surface area contributed by atoms with E-state index in [0.717, 1.165) is 15.9 Å². The van der Waals surface area contributed by atoms with Crippen molar-refractivity contribution in [1.29, 1.82) is 0 Å². The van der Waals surface area contributed by atoms with Gasteiger partial charge >= 0.3 is 0 Å². The number of carbonyl (C=O) groups is 1. The van der Waals surface area contributed by atoms with Crippen molar-refractivity contribution in [2.75, 3.05) is 13.7 Å². The summed E-state index contributed by atoms with van der Waals surface area (Å²) in [6, 6.07) is 12.3. The average Bonchev–Trinajstić information content (AvgIpc) is 2.92. The molecule has 3 aromatic rings. The molecule has 4 nitrogen and oxygen atoms in total. The lowest BCUT2D eigenvalue weighted by Crippen LogP contribution is -2.19. The van der Waals surface area contributed by atoms with Gasteiger partial charge in [-0.2, -0.15) is 4.99 Å². The van der Waals surface area contributed by atoms with E-state index >= 15 is 0 Å². The molecule has 0 saturated heterocycles. The van der Waals surface area contributed by atoms with Gasteiger partial charge in [0.25, 0.3) is 5.91 Å². The number of benzene rings is 2. The average molecular weight is 369 g/mol. The van der Waals surface area contributed by atoms with Gasteiger partial charge in [-0.25, -0.2) is 0 Å². The van der Waals surface area contributed by atoms with Crippen molar-refractivity contribution in [3.63, 3.8) is 0 Å². The monoisotopic (exact) mass is 368 g/mol. The molecule has 0 fully saturated rings. The minimum absolute atomic E-state index is 0.124. The Hall–Kier alpha value is -2.24. The highest BCUT2D eigenvalue weighted by molar-refractivity contribution is 7.16. The summed E-state index contributed by atoms with van der Waals surface area (Å²) in [7, 11) is 1.69. The summed E-state index contributed by atoms with van der Waals surface area (Å²) < 4.78 is 8.52. The van der Waals surface area contributed by atoms with Gasteiger partial charge in [-0.15, -0.1) is 0 Å². The summed E-state index contributed by atoms with van der Waals surface area (Å²) in [5.74, 6) is -0.124. The quantitative estimate of drug-likeness (QED) is 0.684. The number of carbonyl (C=O) groups excluding carboxylic acids is 1. The molecule has 1 amide bonds. The Morgan fingerprint density at radius 3 is 2.54 bits per heavy atom. The number of rotatable bonds is 5. The van der Waals surface area contributed by atoms with Gasteiger partial charge in [0.15, 0.2) is 4.80 Å². The van der Waals surface area contributed by atoms with Gasteiger partial charge in [-0.1, -0.05) is 47.2 Å². The second-order valence-electron chi connectivity index (χ2n) is 6.63. The predicted octanol–water partition coefficient (Wildman–Crippen LogP) is 3.94. The van der Waals surface area contributed by atoms with Crippen LogP contribution in [0.2, 0.25) is 0 Å². The van der Waals surface area contributed by atoms with Gasteiger partial charge in [-0.3, -0.25) is 4.79 Å². The molecule has 0 N–H and O–H groups in total. The van der Waals surface area contributed by atoms with Crippen molar-refractivity contribution in [2.45, 2.75) is 33.7 Å². The lowest BCUT2D eigenvalue weighted by molar-refractivity contribution is -0.117. The van der Waals surface area contributed by atoms with Crippen molar-refractivity contribution in [3.8, 4) is 0 Å². The largest absolute Gasteiger partial charge is 0.383 e. The molecule has 136 valence electrons. The second-order valence-corrected chi connectivity index (χ2v) is 7.60. The van der Waals surface area contributed by atoms with Gasteiger partial charge in [0.05, 0.1) is 23.2 Å². The van der Waals surface area contributed by atoms with Crippen molar-refractivity contribution in [1.82, 2.24) is 4.57 Å². The maximum atomic E-state index is 12.5. The van der Waals surface area contributed by atoms with Crippen molar-refractivity contribution >= 4 is 27.5 Å². The third kappa shape index (κ3) is 4.11. The van der Waals surface area contributed by atoms with E-state index in [-0.39, 0.29) is 5.91 Å². The highest BCUT2D eigenvalue weighted by atomic mass is 32.1. The maximum Gasteiger partial charge on any atom is 0.252 e. The topological polar surface area (TPSA) is 43.6 Å². The third-order valence-corrected chi connectivity index (χ3v) is 5.56. The Bertz CT molecular complexity index is 997. The molecule has 1 aromatic heterocycles. The number of amides is 1. The number of aryl methyl sites for hydroxylation is 3. The van der Waals surface area contributed by atoms with Crippen LogP contribution in [0.3, 0.4) is 0 Å². The zero-order valence-electron chi connectivity index (χ0n) is 15.7. The molecule has 1 heterocycles. The van der Waals surface area contributed by atoms with Gasteiger partial charge < -0.3 is 9.30 Å². The minimum atomic E-state index is -0.124. The Labute approximate surface area is 157 Å². The third-order valence-electron chi connectivity index (χ3n) is 4.33. The van der Waals surface area contributed by atoms with Crippen LogP contribution in [0.4, 0.5) is 0 Å². The van der Waals surface area contributed by atoms with Gasteiger partial charge in [0.2, 0.25) is 0 Å². The first-order valence-electron chi connectivity index (χ1n) is 8.70.